The Hall–Kier alpha value is -3.06. The lowest BCUT2D eigenvalue weighted by molar-refractivity contribution is -0.133. The first kappa shape index (κ1) is 28.0. The molecule has 2 aliphatic rings. The highest BCUT2D eigenvalue weighted by atomic mass is 19.1. The number of carbonyl (C=O) groups excluding carboxylic acids is 2. The number of rotatable bonds is 7. The molecule has 0 saturated heterocycles. The maximum Gasteiger partial charge on any atom is 0.338 e. The van der Waals surface area contributed by atoms with E-state index in [-0.39, 0.29) is 41.3 Å². The minimum absolute atomic E-state index is 0.0603. The molecular formula is C31H40FN3O3. The highest BCUT2D eigenvalue weighted by Crippen LogP contribution is 2.46. The molecule has 4 rings (SSSR count). The molecule has 0 bridgehead atoms. The fraction of sp³-hybridized carbons (Fsp3) is 0.516. The van der Waals surface area contributed by atoms with Gasteiger partial charge >= 0.3 is 5.97 Å². The minimum atomic E-state index is -0.700. The van der Waals surface area contributed by atoms with Crippen LogP contribution >= 0.6 is 0 Å². The van der Waals surface area contributed by atoms with Crippen LogP contribution in [0.15, 0.2) is 53.5 Å². The molecule has 1 saturated carbocycles. The lowest BCUT2D eigenvalue weighted by Gasteiger charge is -2.45. The molecule has 38 heavy (non-hydrogen) atoms. The summed E-state index contributed by atoms with van der Waals surface area (Å²) in [5.74, 6) is -0.863. The van der Waals surface area contributed by atoms with Gasteiger partial charge in [0.15, 0.2) is 0 Å². The van der Waals surface area contributed by atoms with Gasteiger partial charge in [0, 0.05) is 11.6 Å². The van der Waals surface area contributed by atoms with Crippen LogP contribution in [0.5, 0.6) is 0 Å². The van der Waals surface area contributed by atoms with E-state index in [4.69, 9.17) is 15.5 Å². The molecule has 1 amide bonds. The third-order valence-electron chi connectivity index (χ3n) is 7.49. The zero-order chi connectivity index (χ0) is 27.7. The number of amides is 1. The molecule has 1 spiro atoms. The highest BCUT2D eigenvalue weighted by Gasteiger charge is 2.51. The molecule has 1 fully saturated rings. The fourth-order valence-electron chi connectivity index (χ4n) is 5.43. The molecule has 1 aliphatic heterocycles. The van der Waals surface area contributed by atoms with E-state index in [0.717, 1.165) is 31.2 Å². The summed E-state index contributed by atoms with van der Waals surface area (Å²) < 4.78 is 19.0. The van der Waals surface area contributed by atoms with Gasteiger partial charge in [-0.05, 0) is 99.7 Å². The molecule has 1 heterocycles. The van der Waals surface area contributed by atoms with Gasteiger partial charge in [0.2, 0.25) is 0 Å². The first-order chi connectivity index (χ1) is 17.9. The molecule has 7 heteroatoms. The monoisotopic (exact) mass is 521 g/mol. The predicted molar refractivity (Wildman–Crippen MR) is 147 cm³/mol. The molecular weight excluding hydrogens is 481 g/mol. The van der Waals surface area contributed by atoms with Crippen molar-refractivity contribution >= 4 is 17.6 Å². The zero-order valence-electron chi connectivity index (χ0n) is 23.2. The van der Waals surface area contributed by atoms with Crippen LogP contribution in [-0.2, 0) is 9.53 Å². The number of aliphatic imine (C=N–C) groups is 1. The highest BCUT2D eigenvalue weighted by molar-refractivity contribution is 6.46. The summed E-state index contributed by atoms with van der Waals surface area (Å²) in [6.45, 7) is 10.2. The largest absolute Gasteiger partial charge is 0.459 e. The topological polar surface area (TPSA) is 85.0 Å². The molecule has 0 radical (unpaired) electrons. The van der Waals surface area contributed by atoms with Gasteiger partial charge in [-0.2, -0.15) is 0 Å². The van der Waals surface area contributed by atoms with E-state index in [1.807, 2.05) is 30.9 Å². The summed E-state index contributed by atoms with van der Waals surface area (Å²) in [7, 11) is 0. The fourth-order valence-corrected chi connectivity index (χ4v) is 5.43. The van der Waals surface area contributed by atoms with Crippen LogP contribution in [-0.4, -0.2) is 40.3 Å². The number of nitrogens with two attached hydrogens (primary N) is 1. The summed E-state index contributed by atoms with van der Waals surface area (Å²) in [4.78, 5) is 33.7. The number of halogens is 1. The van der Waals surface area contributed by atoms with Gasteiger partial charge in [-0.15, -0.1) is 0 Å². The number of esters is 1. The van der Waals surface area contributed by atoms with E-state index >= 15 is 0 Å². The Morgan fingerprint density at radius 2 is 1.71 bits per heavy atom. The Kier molecular flexibility index (Phi) is 8.07. The van der Waals surface area contributed by atoms with Gasteiger partial charge in [0.25, 0.3) is 5.91 Å². The van der Waals surface area contributed by atoms with E-state index in [9.17, 15) is 14.0 Å². The third kappa shape index (κ3) is 6.15. The second-order valence-electron chi connectivity index (χ2n) is 12.2. The molecule has 2 N–H and O–H groups in total. The average molecular weight is 522 g/mol. The third-order valence-corrected chi connectivity index (χ3v) is 7.49. The van der Waals surface area contributed by atoms with Gasteiger partial charge < -0.3 is 15.4 Å². The molecule has 2 aromatic carbocycles. The van der Waals surface area contributed by atoms with E-state index in [2.05, 4.69) is 20.8 Å². The quantitative estimate of drug-likeness (QED) is 0.441. The summed E-state index contributed by atoms with van der Waals surface area (Å²) in [5, 5.41) is 0. The van der Waals surface area contributed by atoms with Gasteiger partial charge in [-0.3, -0.25) is 9.79 Å². The van der Waals surface area contributed by atoms with E-state index in [1.54, 1.807) is 24.3 Å². The van der Waals surface area contributed by atoms with Gasteiger partial charge in [-0.1, -0.05) is 32.9 Å². The van der Waals surface area contributed by atoms with Crippen LogP contribution in [0, 0.1) is 11.2 Å². The number of benzene rings is 2. The molecule has 1 atom stereocenters. The van der Waals surface area contributed by atoms with Crippen molar-refractivity contribution in [2.24, 2.45) is 16.1 Å². The van der Waals surface area contributed by atoms with Crippen LogP contribution in [0.4, 0.5) is 4.39 Å². The molecule has 0 aromatic heterocycles. The molecule has 6 nitrogen and oxygen atoms in total. The predicted octanol–water partition coefficient (Wildman–Crippen LogP) is 6.19. The van der Waals surface area contributed by atoms with Crippen LogP contribution in [0.2, 0.25) is 0 Å². The first-order valence-electron chi connectivity index (χ1n) is 13.6. The van der Waals surface area contributed by atoms with Gasteiger partial charge in [-0.25, -0.2) is 9.18 Å². The maximum absolute atomic E-state index is 14.2. The van der Waals surface area contributed by atoms with Crippen molar-refractivity contribution in [2.75, 3.05) is 0 Å². The lowest BCUT2D eigenvalue weighted by atomic mass is 9.82. The van der Waals surface area contributed by atoms with E-state index in [0.29, 0.717) is 29.7 Å². The van der Waals surface area contributed by atoms with Crippen molar-refractivity contribution in [3.63, 3.8) is 0 Å². The van der Waals surface area contributed by atoms with Gasteiger partial charge in [0.1, 0.15) is 17.2 Å². The Labute approximate surface area is 225 Å². The average Bonchev–Trinajstić information content (AvgIpc) is 3.13. The Morgan fingerprint density at radius 3 is 2.26 bits per heavy atom. The van der Waals surface area contributed by atoms with E-state index < -0.39 is 5.66 Å². The summed E-state index contributed by atoms with van der Waals surface area (Å²) in [5.41, 5.74) is 8.06. The first-order valence-corrected chi connectivity index (χ1v) is 13.6. The zero-order valence-corrected chi connectivity index (χ0v) is 23.2. The smallest absolute Gasteiger partial charge is 0.338 e. The van der Waals surface area contributed by atoms with Crippen molar-refractivity contribution < 1.29 is 18.7 Å². The van der Waals surface area contributed by atoms with Crippen LogP contribution in [0.25, 0.3) is 0 Å². The van der Waals surface area contributed by atoms with Crippen molar-refractivity contribution in [2.45, 2.75) is 97.0 Å². The standard InChI is InChI=1S/C31H40FN3O3/c1-20(2)38-29(37)23-8-6-21(7-9-23)26(16-17-30(3,4)5)35-28(36)27(22-10-12-24(32)13-11-22)34-31(35)18-14-25(33)15-19-31/h6-13,20,25-26H,14-19,33H2,1-5H3. The number of ether oxygens (including phenoxy) is 1. The van der Waals surface area contributed by atoms with Crippen LogP contribution in [0.3, 0.4) is 0 Å². The van der Waals surface area contributed by atoms with Gasteiger partial charge in [0.05, 0.1) is 17.7 Å². The Balaban J connectivity index is 1.75. The number of hydrogen-bond donors (Lipinski definition) is 1. The molecule has 2 aromatic rings. The minimum Gasteiger partial charge on any atom is -0.459 e. The SMILES string of the molecule is CC(C)OC(=O)c1ccc(C(CCC(C)(C)C)N2C(=O)C(c3ccc(F)cc3)=NC23CCC(N)CC3)cc1. The Morgan fingerprint density at radius 1 is 1.11 bits per heavy atom. The lowest BCUT2D eigenvalue weighted by Crippen LogP contribution is -2.52. The molecule has 1 aliphatic carbocycles. The summed E-state index contributed by atoms with van der Waals surface area (Å²) in [6, 6.07) is 13.2. The number of carbonyl (C=O) groups is 2. The van der Waals surface area contributed by atoms with Crippen molar-refractivity contribution in [3.05, 3.63) is 71.0 Å². The van der Waals surface area contributed by atoms with Crippen molar-refractivity contribution in [1.82, 2.24) is 4.90 Å². The van der Waals surface area contributed by atoms with Crippen molar-refractivity contribution in [3.8, 4) is 0 Å². The second-order valence-corrected chi connectivity index (χ2v) is 12.2. The van der Waals surface area contributed by atoms with Crippen molar-refractivity contribution in [1.29, 1.82) is 0 Å². The second kappa shape index (κ2) is 11.0. The van der Waals surface area contributed by atoms with Crippen LogP contribution < -0.4 is 5.73 Å². The number of hydrogen-bond acceptors (Lipinski definition) is 5. The normalized spacial score (nSPS) is 22.6. The summed E-state index contributed by atoms with van der Waals surface area (Å²) in [6.07, 6.45) is 4.32. The van der Waals surface area contributed by atoms with E-state index in [1.165, 1.54) is 12.1 Å². The van der Waals surface area contributed by atoms with Crippen LogP contribution in [0.1, 0.15) is 101 Å². The summed E-state index contributed by atoms with van der Waals surface area (Å²) >= 11 is 0. The Bertz CT molecular complexity index is 1170. The molecule has 1 unspecified atom stereocenters. The maximum atomic E-state index is 14.2. The number of nitrogens with zero attached hydrogens (tertiary/aromatic N) is 2. The molecule has 204 valence electrons.